The van der Waals surface area contributed by atoms with Crippen LogP contribution < -0.4 is 4.74 Å². The molecule has 0 radical (unpaired) electrons. The van der Waals surface area contributed by atoms with Crippen molar-refractivity contribution in [1.29, 1.82) is 5.26 Å². The minimum Gasteiger partial charge on any atom is -0.484 e. The smallest absolute Gasteiger partial charge is 0.282 e. The monoisotopic (exact) mass is 500 g/mol. The predicted octanol–water partition coefficient (Wildman–Crippen LogP) is 4.26. The third-order valence-corrected chi connectivity index (χ3v) is 5.68. The molecule has 0 amide bonds. The Morgan fingerprint density at radius 2 is 2.09 bits per heavy atom. The number of imidazole rings is 1. The second kappa shape index (κ2) is 7.96. The zero-order valence-corrected chi connectivity index (χ0v) is 18.3. The van der Waals surface area contributed by atoms with Gasteiger partial charge in [0.2, 0.25) is 0 Å². The van der Waals surface area contributed by atoms with E-state index in [2.05, 4.69) is 31.0 Å². The zero-order chi connectivity index (χ0) is 22.4. The SMILES string of the molecule is Cc1cc(C(F)F)nn1-c1nc(-n2cnc3cc(Br)c(OC4COC4)cc32)ccc1C#N. The summed E-state index contributed by atoms with van der Waals surface area (Å²) in [5, 5.41) is 13.5. The van der Waals surface area contributed by atoms with Crippen LogP contribution in [0.5, 0.6) is 5.75 Å². The van der Waals surface area contributed by atoms with Crippen LogP contribution in [-0.4, -0.2) is 43.6 Å². The van der Waals surface area contributed by atoms with Gasteiger partial charge in [-0.2, -0.15) is 10.4 Å². The molecule has 0 atom stereocenters. The number of aryl methyl sites for hydroxylation is 1. The molecule has 1 aliphatic rings. The van der Waals surface area contributed by atoms with E-state index < -0.39 is 6.43 Å². The van der Waals surface area contributed by atoms with Crippen LogP contribution in [0.1, 0.15) is 23.4 Å². The number of halogens is 3. The molecule has 1 fully saturated rings. The van der Waals surface area contributed by atoms with Crippen molar-refractivity contribution in [3.63, 3.8) is 0 Å². The molecule has 4 heterocycles. The fourth-order valence-electron chi connectivity index (χ4n) is 3.39. The van der Waals surface area contributed by atoms with Crippen molar-refractivity contribution in [3.8, 4) is 23.5 Å². The number of fused-ring (bicyclic) bond motifs is 1. The molecule has 0 aliphatic carbocycles. The van der Waals surface area contributed by atoms with Gasteiger partial charge in [0, 0.05) is 11.8 Å². The number of benzene rings is 1. The molecule has 1 saturated heterocycles. The van der Waals surface area contributed by atoms with Crippen molar-refractivity contribution in [3.05, 3.63) is 58.1 Å². The van der Waals surface area contributed by atoms with Gasteiger partial charge in [0.05, 0.1) is 34.3 Å². The molecule has 0 saturated carbocycles. The third kappa shape index (κ3) is 3.51. The van der Waals surface area contributed by atoms with Gasteiger partial charge in [0.25, 0.3) is 6.43 Å². The van der Waals surface area contributed by atoms with Crippen LogP contribution >= 0.6 is 15.9 Å². The summed E-state index contributed by atoms with van der Waals surface area (Å²) in [7, 11) is 0. The largest absolute Gasteiger partial charge is 0.484 e. The van der Waals surface area contributed by atoms with Crippen LogP contribution in [0.3, 0.4) is 0 Å². The van der Waals surface area contributed by atoms with E-state index in [1.807, 2.05) is 18.2 Å². The van der Waals surface area contributed by atoms with E-state index in [1.54, 1.807) is 30.0 Å². The summed E-state index contributed by atoms with van der Waals surface area (Å²) >= 11 is 3.51. The number of ether oxygens (including phenoxy) is 2. The van der Waals surface area contributed by atoms with Crippen molar-refractivity contribution < 1.29 is 18.3 Å². The standard InChI is InChI=1S/C21H15BrF2N6O2/c1-11-4-16(20(23)24)28-30(11)21-12(7-25)2-3-19(27-21)29-10-26-15-5-14(22)18(6-17(15)29)32-13-8-31-9-13/h2-6,10,13,20H,8-9H2,1H3. The third-order valence-electron chi connectivity index (χ3n) is 5.06. The molecule has 1 aromatic carbocycles. The lowest BCUT2D eigenvalue weighted by Gasteiger charge is -2.27. The summed E-state index contributed by atoms with van der Waals surface area (Å²) in [5.41, 5.74) is 1.72. The summed E-state index contributed by atoms with van der Waals surface area (Å²) < 4.78 is 41.1. The Hall–Kier alpha value is -3.36. The quantitative estimate of drug-likeness (QED) is 0.406. The highest BCUT2D eigenvalue weighted by Gasteiger charge is 2.22. The van der Waals surface area contributed by atoms with Gasteiger partial charge in [-0.15, -0.1) is 0 Å². The highest BCUT2D eigenvalue weighted by molar-refractivity contribution is 9.10. The highest BCUT2D eigenvalue weighted by atomic mass is 79.9. The molecule has 0 unspecified atom stereocenters. The number of pyridine rings is 1. The average Bonchev–Trinajstić information content (AvgIpc) is 3.33. The second-order valence-corrected chi connectivity index (χ2v) is 8.09. The Bertz CT molecular complexity index is 1370. The molecule has 1 aliphatic heterocycles. The number of rotatable bonds is 5. The van der Waals surface area contributed by atoms with Crippen molar-refractivity contribution in [2.75, 3.05) is 13.2 Å². The summed E-state index contributed by atoms with van der Waals surface area (Å²) in [6, 6.07) is 10.3. The van der Waals surface area contributed by atoms with Gasteiger partial charge < -0.3 is 9.47 Å². The van der Waals surface area contributed by atoms with E-state index in [0.717, 1.165) is 9.99 Å². The van der Waals surface area contributed by atoms with Crippen LogP contribution in [0.25, 0.3) is 22.7 Å². The van der Waals surface area contributed by atoms with Crippen LogP contribution in [0.4, 0.5) is 8.78 Å². The number of alkyl halides is 2. The number of hydrogen-bond donors (Lipinski definition) is 0. The van der Waals surface area contributed by atoms with Gasteiger partial charge in [-0.3, -0.25) is 4.57 Å². The molecule has 5 rings (SSSR count). The molecule has 8 nitrogen and oxygen atoms in total. The van der Waals surface area contributed by atoms with E-state index in [4.69, 9.17) is 9.47 Å². The van der Waals surface area contributed by atoms with Gasteiger partial charge in [-0.25, -0.2) is 23.4 Å². The first-order valence-electron chi connectivity index (χ1n) is 9.62. The maximum atomic E-state index is 13.1. The maximum absolute atomic E-state index is 13.1. The Morgan fingerprint density at radius 1 is 1.28 bits per heavy atom. The molecule has 3 aromatic heterocycles. The van der Waals surface area contributed by atoms with Crippen molar-refractivity contribution in [2.24, 2.45) is 0 Å². The lowest BCUT2D eigenvalue weighted by atomic mass is 10.2. The highest BCUT2D eigenvalue weighted by Crippen LogP contribution is 2.33. The summed E-state index contributed by atoms with van der Waals surface area (Å²) in [6.07, 6.45) is -1.13. The van der Waals surface area contributed by atoms with Crippen LogP contribution in [0.15, 0.2) is 41.1 Å². The normalized spacial score (nSPS) is 14.0. The Morgan fingerprint density at radius 3 is 2.75 bits per heavy atom. The number of nitriles is 1. The maximum Gasteiger partial charge on any atom is 0.282 e. The van der Waals surface area contributed by atoms with E-state index in [-0.39, 0.29) is 23.2 Å². The average molecular weight is 501 g/mol. The Labute approximate surface area is 189 Å². The minimum absolute atomic E-state index is 0.00779. The van der Waals surface area contributed by atoms with Crippen LogP contribution in [-0.2, 0) is 4.74 Å². The first kappa shape index (κ1) is 20.5. The second-order valence-electron chi connectivity index (χ2n) is 7.24. The fourth-order valence-corrected chi connectivity index (χ4v) is 3.81. The minimum atomic E-state index is -2.72. The summed E-state index contributed by atoms with van der Waals surface area (Å²) in [5.74, 6) is 1.26. The summed E-state index contributed by atoms with van der Waals surface area (Å²) in [6.45, 7) is 2.70. The predicted molar refractivity (Wildman–Crippen MR) is 113 cm³/mol. The Kier molecular flexibility index (Phi) is 5.11. The van der Waals surface area contributed by atoms with E-state index in [0.29, 0.717) is 36.0 Å². The molecule has 11 heteroatoms. The topological polar surface area (TPSA) is 90.8 Å². The van der Waals surface area contributed by atoms with E-state index >= 15 is 0 Å². The molecule has 4 aromatic rings. The first-order valence-corrected chi connectivity index (χ1v) is 10.4. The van der Waals surface area contributed by atoms with Crippen molar-refractivity contribution >= 4 is 27.0 Å². The zero-order valence-electron chi connectivity index (χ0n) is 16.7. The molecular formula is C21H15BrF2N6O2. The molecular weight excluding hydrogens is 486 g/mol. The van der Waals surface area contributed by atoms with Crippen molar-refractivity contribution in [1.82, 2.24) is 24.3 Å². The van der Waals surface area contributed by atoms with Crippen LogP contribution in [0, 0.1) is 18.3 Å². The van der Waals surface area contributed by atoms with E-state index in [1.165, 1.54) is 10.7 Å². The van der Waals surface area contributed by atoms with Gasteiger partial charge in [0.15, 0.2) is 5.82 Å². The number of nitrogens with zero attached hydrogens (tertiary/aromatic N) is 6. The lowest BCUT2D eigenvalue weighted by molar-refractivity contribution is -0.0799. The molecule has 0 bridgehead atoms. The molecule has 162 valence electrons. The fraction of sp³-hybridized carbons (Fsp3) is 0.238. The summed E-state index contributed by atoms with van der Waals surface area (Å²) in [4.78, 5) is 8.99. The lowest BCUT2D eigenvalue weighted by Crippen LogP contribution is -2.38. The van der Waals surface area contributed by atoms with Gasteiger partial charge >= 0.3 is 0 Å². The number of hydrogen-bond acceptors (Lipinski definition) is 6. The Balaban J connectivity index is 1.61. The van der Waals surface area contributed by atoms with Gasteiger partial charge in [0.1, 0.15) is 35.8 Å². The van der Waals surface area contributed by atoms with E-state index in [9.17, 15) is 14.0 Å². The molecule has 0 spiro atoms. The van der Waals surface area contributed by atoms with Gasteiger partial charge in [-0.1, -0.05) is 0 Å². The van der Waals surface area contributed by atoms with Crippen LogP contribution in [0.2, 0.25) is 0 Å². The molecule has 0 N–H and O–H groups in total. The first-order chi connectivity index (χ1) is 15.4. The van der Waals surface area contributed by atoms with Gasteiger partial charge in [-0.05, 0) is 47.1 Å². The number of aromatic nitrogens is 5. The van der Waals surface area contributed by atoms with Crippen molar-refractivity contribution in [2.45, 2.75) is 19.5 Å². The molecule has 32 heavy (non-hydrogen) atoms.